The largest absolute Gasteiger partial charge is 0.497 e. The molecule has 24 heavy (non-hydrogen) atoms. The van der Waals surface area contributed by atoms with Gasteiger partial charge in [-0.25, -0.2) is 0 Å². The summed E-state index contributed by atoms with van der Waals surface area (Å²) in [5.41, 5.74) is 1.56. The maximum atomic E-state index is 12.1. The van der Waals surface area contributed by atoms with Crippen molar-refractivity contribution in [2.24, 2.45) is 0 Å². The SMILES string of the molecule is COc1ccc(CN(CC(=O)Nc2ccc(Cl)cc2)C(C)=O)cc1. The molecule has 1 N–H and O–H groups in total. The Morgan fingerprint density at radius 3 is 2.25 bits per heavy atom. The first-order chi connectivity index (χ1) is 11.5. The normalized spacial score (nSPS) is 10.1. The van der Waals surface area contributed by atoms with Crippen LogP contribution in [-0.4, -0.2) is 30.4 Å². The van der Waals surface area contributed by atoms with Gasteiger partial charge in [-0.15, -0.1) is 0 Å². The van der Waals surface area contributed by atoms with Gasteiger partial charge < -0.3 is 15.0 Å². The van der Waals surface area contributed by atoms with Gasteiger partial charge >= 0.3 is 0 Å². The topological polar surface area (TPSA) is 58.6 Å². The molecule has 6 heteroatoms. The van der Waals surface area contributed by atoms with Crippen LogP contribution in [0.15, 0.2) is 48.5 Å². The van der Waals surface area contributed by atoms with Crippen LogP contribution in [0, 0.1) is 0 Å². The summed E-state index contributed by atoms with van der Waals surface area (Å²) in [4.78, 5) is 25.4. The molecule has 0 radical (unpaired) electrons. The van der Waals surface area contributed by atoms with Gasteiger partial charge in [-0.05, 0) is 42.0 Å². The Bertz CT molecular complexity index is 699. The van der Waals surface area contributed by atoms with Crippen LogP contribution in [0.25, 0.3) is 0 Å². The van der Waals surface area contributed by atoms with Crippen molar-refractivity contribution < 1.29 is 14.3 Å². The van der Waals surface area contributed by atoms with Crippen LogP contribution >= 0.6 is 11.6 Å². The van der Waals surface area contributed by atoms with Gasteiger partial charge in [0.15, 0.2) is 0 Å². The molecule has 0 spiro atoms. The summed E-state index contributed by atoms with van der Waals surface area (Å²) < 4.78 is 5.11. The first-order valence-electron chi connectivity index (χ1n) is 7.42. The highest BCUT2D eigenvalue weighted by atomic mass is 35.5. The zero-order valence-electron chi connectivity index (χ0n) is 13.6. The third-order valence-electron chi connectivity index (χ3n) is 3.44. The van der Waals surface area contributed by atoms with Crippen molar-refractivity contribution in [3.05, 3.63) is 59.1 Å². The minimum atomic E-state index is -0.263. The molecular formula is C18H19ClN2O3. The average molecular weight is 347 g/mol. The number of amides is 2. The van der Waals surface area contributed by atoms with Gasteiger partial charge in [0.1, 0.15) is 12.3 Å². The zero-order chi connectivity index (χ0) is 17.5. The van der Waals surface area contributed by atoms with Gasteiger partial charge in [0.2, 0.25) is 11.8 Å². The molecule has 0 aromatic heterocycles. The van der Waals surface area contributed by atoms with Gasteiger partial charge in [-0.3, -0.25) is 9.59 Å². The maximum absolute atomic E-state index is 12.1. The zero-order valence-corrected chi connectivity index (χ0v) is 14.3. The molecule has 0 saturated carbocycles. The van der Waals surface area contributed by atoms with E-state index in [1.807, 2.05) is 24.3 Å². The Morgan fingerprint density at radius 1 is 1.08 bits per heavy atom. The summed E-state index contributed by atoms with van der Waals surface area (Å²) in [6.07, 6.45) is 0. The van der Waals surface area contributed by atoms with Crippen LogP contribution < -0.4 is 10.1 Å². The van der Waals surface area contributed by atoms with Crippen molar-refractivity contribution in [2.75, 3.05) is 19.0 Å². The predicted molar refractivity (Wildman–Crippen MR) is 94.2 cm³/mol. The number of rotatable bonds is 6. The molecule has 0 unspecified atom stereocenters. The lowest BCUT2D eigenvalue weighted by Gasteiger charge is -2.21. The Kier molecular flexibility index (Phi) is 6.21. The van der Waals surface area contributed by atoms with Crippen molar-refractivity contribution in [1.82, 2.24) is 4.90 Å². The van der Waals surface area contributed by atoms with E-state index in [1.54, 1.807) is 31.4 Å². The number of nitrogens with one attached hydrogen (secondary N) is 1. The Labute approximate surface area is 146 Å². The fourth-order valence-corrected chi connectivity index (χ4v) is 2.26. The molecule has 0 fully saturated rings. The van der Waals surface area contributed by atoms with Crippen LogP contribution in [-0.2, 0) is 16.1 Å². The Balaban J connectivity index is 1.97. The van der Waals surface area contributed by atoms with Crippen molar-refractivity contribution in [2.45, 2.75) is 13.5 Å². The molecule has 0 aliphatic rings. The number of anilines is 1. The molecule has 2 aromatic carbocycles. The van der Waals surface area contributed by atoms with Crippen LogP contribution in [0.1, 0.15) is 12.5 Å². The van der Waals surface area contributed by atoms with E-state index < -0.39 is 0 Å². The lowest BCUT2D eigenvalue weighted by atomic mass is 10.2. The van der Waals surface area contributed by atoms with Gasteiger partial charge in [-0.2, -0.15) is 0 Å². The molecule has 0 atom stereocenters. The third-order valence-corrected chi connectivity index (χ3v) is 3.69. The molecular weight excluding hydrogens is 328 g/mol. The van der Waals surface area contributed by atoms with Crippen LogP contribution in [0.5, 0.6) is 5.75 Å². The van der Waals surface area contributed by atoms with Crippen molar-refractivity contribution in [3.8, 4) is 5.75 Å². The fourth-order valence-electron chi connectivity index (χ4n) is 2.14. The van der Waals surface area contributed by atoms with Crippen molar-refractivity contribution in [3.63, 3.8) is 0 Å². The highest BCUT2D eigenvalue weighted by Gasteiger charge is 2.14. The quantitative estimate of drug-likeness (QED) is 0.872. The minimum Gasteiger partial charge on any atom is -0.497 e. The molecule has 5 nitrogen and oxygen atoms in total. The molecule has 0 aliphatic heterocycles. The molecule has 2 aromatic rings. The van der Waals surface area contributed by atoms with E-state index in [2.05, 4.69) is 5.32 Å². The average Bonchev–Trinajstić information content (AvgIpc) is 2.57. The van der Waals surface area contributed by atoms with E-state index in [1.165, 1.54) is 11.8 Å². The molecule has 0 heterocycles. The second kappa shape index (κ2) is 8.36. The first-order valence-corrected chi connectivity index (χ1v) is 7.79. The number of nitrogens with zero attached hydrogens (tertiary/aromatic N) is 1. The number of carbonyl (C=O) groups excluding carboxylic acids is 2. The smallest absolute Gasteiger partial charge is 0.244 e. The molecule has 0 bridgehead atoms. The third kappa shape index (κ3) is 5.28. The van der Waals surface area contributed by atoms with Crippen LogP contribution in [0.2, 0.25) is 5.02 Å². The number of hydrogen-bond donors (Lipinski definition) is 1. The second-order valence-corrected chi connectivity index (χ2v) is 5.71. The first kappa shape index (κ1) is 17.8. The van der Waals surface area contributed by atoms with Gasteiger partial charge in [0.05, 0.1) is 7.11 Å². The van der Waals surface area contributed by atoms with E-state index in [9.17, 15) is 9.59 Å². The van der Waals surface area contributed by atoms with Crippen molar-refractivity contribution in [1.29, 1.82) is 0 Å². The van der Waals surface area contributed by atoms with Gasteiger partial charge in [0, 0.05) is 24.2 Å². The summed E-state index contributed by atoms with van der Waals surface area (Å²) in [6, 6.07) is 14.2. The molecule has 0 aliphatic carbocycles. The summed E-state index contributed by atoms with van der Waals surface area (Å²) >= 11 is 5.81. The Morgan fingerprint density at radius 2 is 1.71 bits per heavy atom. The highest BCUT2D eigenvalue weighted by molar-refractivity contribution is 6.30. The minimum absolute atomic E-state index is 0.0238. The van der Waals surface area contributed by atoms with Crippen LogP contribution in [0.3, 0.4) is 0 Å². The number of benzene rings is 2. The Hall–Kier alpha value is -2.53. The maximum Gasteiger partial charge on any atom is 0.244 e. The number of methoxy groups -OCH3 is 1. The van der Waals surface area contributed by atoms with Crippen molar-refractivity contribution >= 4 is 29.1 Å². The number of hydrogen-bond acceptors (Lipinski definition) is 3. The lowest BCUT2D eigenvalue weighted by Crippen LogP contribution is -2.36. The van der Waals surface area contributed by atoms with Gasteiger partial charge in [0.25, 0.3) is 0 Å². The van der Waals surface area contributed by atoms with E-state index in [0.717, 1.165) is 11.3 Å². The standard InChI is InChI=1S/C18H19ClN2O3/c1-13(22)21(11-14-3-9-17(24-2)10-4-14)12-18(23)20-16-7-5-15(19)6-8-16/h3-10H,11-12H2,1-2H3,(H,20,23). The van der Waals surface area contributed by atoms with E-state index in [0.29, 0.717) is 17.3 Å². The highest BCUT2D eigenvalue weighted by Crippen LogP contribution is 2.15. The van der Waals surface area contributed by atoms with E-state index in [-0.39, 0.29) is 18.4 Å². The van der Waals surface area contributed by atoms with Crippen LogP contribution in [0.4, 0.5) is 5.69 Å². The van der Waals surface area contributed by atoms with E-state index in [4.69, 9.17) is 16.3 Å². The monoisotopic (exact) mass is 346 g/mol. The summed E-state index contributed by atoms with van der Waals surface area (Å²) in [5, 5.41) is 3.34. The molecule has 126 valence electrons. The summed E-state index contributed by atoms with van der Waals surface area (Å²) in [7, 11) is 1.60. The lowest BCUT2D eigenvalue weighted by molar-refractivity contribution is -0.133. The summed E-state index contributed by atoms with van der Waals surface area (Å²) in [5.74, 6) is 0.312. The number of carbonyl (C=O) groups is 2. The van der Waals surface area contributed by atoms with Gasteiger partial charge in [-0.1, -0.05) is 23.7 Å². The second-order valence-electron chi connectivity index (χ2n) is 5.28. The molecule has 0 saturated heterocycles. The summed E-state index contributed by atoms with van der Waals surface area (Å²) in [6.45, 7) is 1.77. The number of halogens is 1. The fraction of sp³-hybridized carbons (Fsp3) is 0.222. The predicted octanol–water partition coefficient (Wildman–Crippen LogP) is 3.34. The van der Waals surface area contributed by atoms with E-state index >= 15 is 0 Å². The number of ether oxygens (including phenoxy) is 1. The molecule has 2 amide bonds. The molecule has 2 rings (SSSR count).